The summed E-state index contributed by atoms with van der Waals surface area (Å²) < 4.78 is 0. The van der Waals surface area contributed by atoms with E-state index in [1.807, 2.05) is 24.3 Å². The zero-order valence-electron chi connectivity index (χ0n) is 9.51. The monoisotopic (exact) mass is 240 g/mol. The molecule has 0 fully saturated rings. The van der Waals surface area contributed by atoms with Crippen LogP contribution in [0.1, 0.15) is 0 Å². The van der Waals surface area contributed by atoms with Crippen LogP contribution in [0.4, 0.5) is 0 Å². The molecule has 0 saturated heterocycles. The normalized spacial score (nSPS) is 10.7. The number of phenols is 2. The summed E-state index contributed by atoms with van der Waals surface area (Å²) in [5.74, 6) is 0.250. The molecule has 3 rings (SSSR count). The van der Waals surface area contributed by atoms with Gasteiger partial charge in [-0.3, -0.25) is 0 Å². The van der Waals surface area contributed by atoms with E-state index in [1.165, 1.54) is 0 Å². The molecule has 18 heavy (non-hydrogen) atoms. The SMILES string of the molecule is Oc1cc(-c2ccc[nH]2)c(O)cc1-c1ccc[nH]1. The van der Waals surface area contributed by atoms with Crippen LogP contribution < -0.4 is 0 Å². The lowest BCUT2D eigenvalue weighted by atomic mass is 10.0. The van der Waals surface area contributed by atoms with Crippen molar-refractivity contribution in [3.63, 3.8) is 0 Å². The number of aromatic amines is 2. The molecule has 4 N–H and O–H groups in total. The van der Waals surface area contributed by atoms with Gasteiger partial charge in [-0.25, -0.2) is 0 Å². The Balaban J connectivity index is 2.15. The molecule has 90 valence electrons. The van der Waals surface area contributed by atoms with Crippen LogP contribution in [-0.2, 0) is 0 Å². The Morgan fingerprint density at radius 1 is 0.722 bits per heavy atom. The van der Waals surface area contributed by atoms with Crippen LogP contribution in [-0.4, -0.2) is 20.2 Å². The van der Waals surface area contributed by atoms with E-state index >= 15 is 0 Å². The van der Waals surface area contributed by atoms with E-state index in [4.69, 9.17) is 0 Å². The Kier molecular flexibility index (Phi) is 2.34. The molecular formula is C14H12N2O2. The molecule has 4 heteroatoms. The molecule has 2 aromatic heterocycles. The Morgan fingerprint density at radius 2 is 1.17 bits per heavy atom. The third-order valence-corrected chi connectivity index (χ3v) is 2.89. The summed E-state index contributed by atoms with van der Waals surface area (Å²) in [5, 5.41) is 20.1. The number of benzene rings is 1. The lowest BCUT2D eigenvalue weighted by Gasteiger charge is -2.08. The van der Waals surface area contributed by atoms with Gasteiger partial charge in [0, 0.05) is 34.9 Å². The maximum Gasteiger partial charge on any atom is 0.125 e. The smallest absolute Gasteiger partial charge is 0.125 e. The Labute approximate surface area is 104 Å². The van der Waals surface area contributed by atoms with Gasteiger partial charge in [0.15, 0.2) is 0 Å². The predicted molar refractivity (Wildman–Crippen MR) is 69.3 cm³/mol. The van der Waals surface area contributed by atoms with Crippen molar-refractivity contribution in [2.24, 2.45) is 0 Å². The topological polar surface area (TPSA) is 72.0 Å². The van der Waals surface area contributed by atoms with Gasteiger partial charge in [0.25, 0.3) is 0 Å². The van der Waals surface area contributed by atoms with Gasteiger partial charge >= 0.3 is 0 Å². The van der Waals surface area contributed by atoms with E-state index in [0.717, 1.165) is 11.4 Å². The van der Waals surface area contributed by atoms with Crippen molar-refractivity contribution in [3.8, 4) is 34.0 Å². The number of hydrogen-bond acceptors (Lipinski definition) is 2. The minimum absolute atomic E-state index is 0.125. The summed E-state index contributed by atoms with van der Waals surface area (Å²) in [6.07, 6.45) is 3.54. The van der Waals surface area contributed by atoms with Crippen LogP contribution in [0, 0.1) is 0 Å². The summed E-state index contributed by atoms with van der Waals surface area (Å²) in [6.45, 7) is 0. The first-order valence-electron chi connectivity index (χ1n) is 5.59. The highest BCUT2D eigenvalue weighted by Crippen LogP contribution is 2.38. The molecule has 0 bridgehead atoms. The average molecular weight is 240 g/mol. The predicted octanol–water partition coefficient (Wildman–Crippen LogP) is 3.09. The molecule has 1 aromatic carbocycles. The molecular weight excluding hydrogens is 228 g/mol. The first-order chi connectivity index (χ1) is 8.75. The first kappa shape index (κ1) is 10.5. The number of nitrogens with one attached hydrogen (secondary N) is 2. The van der Waals surface area contributed by atoms with E-state index in [9.17, 15) is 10.2 Å². The van der Waals surface area contributed by atoms with Gasteiger partial charge in [-0.15, -0.1) is 0 Å². The quantitative estimate of drug-likeness (QED) is 0.520. The van der Waals surface area contributed by atoms with E-state index in [1.54, 1.807) is 24.5 Å². The zero-order valence-corrected chi connectivity index (χ0v) is 9.51. The molecule has 0 saturated carbocycles. The van der Waals surface area contributed by atoms with Crippen LogP contribution in [0.15, 0.2) is 48.8 Å². The zero-order chi connectivity index (χ0) is 12.5. The highest BCUT2D eigenvalue weighted by molar-refractivity contribution is 5.78. The summed E-state index contributed by atoms with van der Waals surface area (Å²) in [5.41, 5.74) is 2.68. The largest absolute Gasteiger partial charge is 0.507 e. The first-order valence-corrected chi connectivity index (χ1v) is 5.59. The maximum absolute atomic E-state index is 10.0. The number of aromatic nitrogens is 2. The van der Waals surface area contributed by atoms with Crippen LogP contribution >= 0.6 is 0 Å². The van der Waals surface area contributed by atoms with Gasteiger partial charge in [0.1, 0.15) is 11.5 Å². The van der Waals surface area contributed by atoms with Crippen LogP contribution in [0.5, 0.6) is 11.5 Å². The average Bonchev–Trinajstić information content (AvgIpc) is 3.02. The van der Waals surface area contributed by atoms with E-state index in [2.05, 4.69) is 9.97 Å². The number of hydrogen-bond donors (Lipinski definition) is 4. The molecule has 0 aliphatic carbocycles. The third-order valence-electron chi connectivity index (χ3n) is 2.89. The second-order valence-electron chi connectivity index (χ2n) is 4.05. The lowest BCUT2D eigenvalue weighted by molar-refractivity contribution is 0.463. The molecule has 0 amide bonds. The highest BCUT2D eigenvalue weighted by atomic mass is 16.3. The molecule has 0 unspecified atom stereocenters. The molecule has 4 nitrogen and oxygen atoms in total. The summed E-state index contributed by atoms with van der Waals surface area (Å²) in [7, 11) is 0. The van der Waals surface area contributed by atoms with Gasteiger partial charge in [-0.1, -0.05) is 0 Å². The molecule has 2 heterocycles. The van der Waals surface area contributed by atoms with Crippen molar-refractivity contribution in [2.75, 3.05) is 0 Å². The molecule has 0 radical (unpaired) electrons. The number of rotatable bonds is 2. The van der Waals surface area contributed by atoms with Gasteiger partial charge in [0.05, 0.1) is 0 Å². The van der Waals surface area contributed by atoms with Crippen molar-refractivity contribution in [2.45, 2.75) is 0 Å². The van der Waals surface area contributed by atoms with Gasteiger partial charge < -0.3 is 20.2 Å². The van der Waals surface area contributed by atoms with Gasteiger partial charge in [-0.05, 0) is 36.4 Å². The minimum atomic E-state index is 0.125. The Morgan fingerprint density at radius 3 is 1.50 bits per heavy atom. The lowest BCUT2D eigenvalue weighted by Crippen LogP contribution is -1.84. The van der Waals surface area contributed by atoms with Crippen molar-refractivity contribution < 1.29 is 10.2 Å². The fraction of sp³-hybridized carbons (Fsp3) is 0. The van der Waals surface area contributed by atoms with E-state index < -0.39 is 0 Å². The summed E-state index contributed by atoms with van der Waals surface area (Å²) >= 11 is 0. The highest BCUT2D eigenvalue weighted by Gasteiger charge is 2.12. The van der Waals surface area contributed by atoms with Crippen molar-refractivity contribution >= 4 is 0 Å². The fourth-order valence-corrected chi connectivity index (χ4v) is 2.00. The van der Waals surface area contributed by atoms with Crippen LogP contribution in [0.3, 0.4) is 0 Å². The molecule has 0 aliphatic heterocycles. The second kappa shape index (κ2) is 4.00. The Hall–Kier alpha value is -2.62. The molecule has 0 spiro atoms. The number of aromatic hydroxyl groups is 2. The number of phenolic OH excluding ortho intramolecular Hbond substituents is 2. The number of H-pyrrole nitrogens is 2. The van der Waals surface area contributed by atoms with E-state index in [-0.39, 0.29) is 11.5 Å². The van der Waals surface area contributed by atoms with Crippen LogP contribution in [0.2, 0.25) is 0 Å². The molecule has 0 atom stereocenters. The van der Waals surface area contributed by atoms with Crippen molar-refractivity contribution in [3.05, 3.63) is 48.8 Å². The minimum Gasteiger partial charge on any atom is -0.507 e. The summed E-state index contributed by atoms with van der Waals surface area (Å²) in [6, 6.07) is 10.5. The standard InChI is InChI=1S/C14H12N2O2/c17-13-8-10(12-4-2-6-16-12)14(18)7-9(13)11-3-1-5-15-11/h1-8,15-18H. The fourth-order valence-electron chi connectivity index (χ4n) is 2.00. The summed E-state index contributed by atoms with van der Waals surface area (Å²) in [4.78, 5) is 5.99. The van der Waals surface area contributed by atoms with Crippen LogP contribution in [0.25, 0.3) is 22.5 Å². The van der Waals surface area contributed by atoms with E-state index in [0.29, 0.717) is 11.1 Å². The maximum atomic E-state index is 10.0. The van der Waals surface area contributed by atoms with Crippen molar-refractivity contribution in [1.82, 2.24) is 9.97 Å². The molecule has 3 aromatic rings. The van der Waals surface area contributed by atoms with Gasteiger partial charge in [-0.2, -0.15) is 0 Å². The van der Waals surface area contributed by atoms with Gasteiger partial charge in [0.2, 0.25) is 0 Å². The van der Waals surface area contributed by atoms with Crippen molar-refractivity contribution in [1.29, 1.82) is 0 Å². The second-order valence-corrected chi connectivity index (χ2v) is 4.05. The molecule has 0 aliphatic rings. The Bertz CT molecular complexity index is 595. The third kappa shape index (κ3) is 1.64.